The summed E-state index contributed by atoms with van der Waals surface area (Å²) in [6.45, 7) is 6.24. The Balaban J connectivity index is 1.58. The van der Waals surface area contributed by atoms with Crippen LogP contribution in [-0.2, 0) is 4.79 Å². The first-order chi connectivity index (χ1) is 18.2. The third-order valence-corrected chi connectivity index (χ3v) is 6.44. The molecule has 0 fully saturated rings. The number of aryl methyl sites for hydroxylation is 1. The second-order valence-electron chi connectivity index (χ2n) is 9.41. The highest BCUT2D eigenvalue weighted by molar-refractivity contribution is 6.42. The highest BCUT2D eigenvalue weighted by Gasteiger charge is 2.21. The van der Waals surface area contributed by atoms with Crippen LogP contribution in [0.3, 0.4) is 0 Å². The fourth-order valence-corrected chi connectivity index (χ4v) is 4.18. The van der Waals surface area contributed by atoms with E-state index < -0.39 is 0 Å². The van der Waals surface area contributed by atoms with Gasteiger partial charge in [-0.3, -0.25) is 4.79 Å². The lowest BCUT2D eigenvalue weighted by atomic mass is 10.1. The molecule has 0 unspecified atom stereocenters. The van der Waals surface area contributed by atoms with Crippen molar-refractivity contribution in [1.82, 2.24) is 14.7 Å². The number of halogens is 2. The highest BCUT2D eigenvalue weighted by Crippen LogP contribution is 2.29. The summed E-state index contributed by atoms with van der Waals surface area (Å²) in [6, 6.07) is 23.7. The van der Waals surface area contributed by atoms with E-state index in [1.807, 2.05) is 75.4 Å². The number of rotatable bonds is 8. The van der Waals surface area contributed by atoms with Crippen LogP contribution < -0.4 is 10.6 Å². The lowest BCUT2D eigenvalue weighted by Crippen LogP contribution is -2.42. The van der Waals surface area contributed by atoms with E-state index in [9.17, 15) is 9.59 Å². The fraction of sp³-hybridized carbons (Fsp3) is 0.207. The Bertz CT molecular complexity index is 1420. The molecule has 0 saturated heterocycles. The molecule has 38 heavy (non-hydrogen) atoms. The van der Waals surface area contributed by atoms with E-state index in [0.717, 1.165) is 11.1 Å². The first kappa shape index (κ1) is 27.2. The van der Waals surface area contributed by atoms with Gasteiger partial charge in [-0.25, -0.2) is 9.48 Å². The molecule has 1 heterocycles. The van der Waals surface area contributed by atoms with Crippen molar-refractivity contribution in [2.24, 2.45) is 5.92 Å². The monoisotopic (exact) mass is 549 g/mol. The van der Waals surface area contributed by atoms with Gasteiger partial charge in [-0.15, -0.1) is 0 Å². The molecule has 0 aliphatic heterocycles. The van der Waals surface area contributed by atoms with E-state index in [4.69, 9.17) is 28.3 Å². The molecule has 0 radical (unpaired) electrons. The van der Waals surface area contributed by atoms with Crippen LogP contribution in [0.2, 0.25) is 10.0 Å². The van der Waals surface area contributed by atoms with Crippen LogP contribution in [0.15, 0.2) is 78.9 Å². The van der Waals surface area contributed by atoms with E-state index in [1.54, 1.807) is 28.9 Å². The van der Waals surface area contributed by atoms with Crippen molar-refractivity contribution in [1.29, 1.82) is 0 Å². The number of hydrogen-bond acceptors (Lipinski definition) is 3. The summed E-state index contributed by atoms with van der Waals surface area (Å²) in [6.07, 6.45) is 0. The largest absolute Gasteiger partial charge is 0.322 e. The first-order valence-electron chi connectivity index (χ1n) is 12.2. The second kappa shape index (κ2) is 12.2. The van der Waals surface area contributed by atoms with Crippen molar-refractivity contribution < 1.29 is 9.59 Å². The molecule has 196 valence electrons. The molecule has 0 aliphatic rings. The second-order valence-corrected chi connectivity index (χ2v) is 10.2. The molecule has 3 amide bonds. The molecule has 0 spiro atoms. The van der Waals surface area contributed by atoms with Crippen LogP contribution in [0.25, 0.3) is 16.9 Å². The van der Waals surface area contributed by atoms with Crippen molar-refractivity contribution in [3.8, 4) is 16.9 Å². The van der Waals surface area contributed by atoms with Gasteiger partial charge in [0.15, 0.2) is 0 Å². The zero-order valence-electron chi connectivity index (χ0n) is 21.4. The number of aromatic nitrogens is 2. The Morgan fingerprint density at radius 1 is 0.921 bits per heavy atom. The maximum atomic E-state index is 13.2. The lowest BCUT2D eigenvalue weighted by molar-refractivity contribution is -0.116. The molecule has 9 heteroatoms. The number of benzene rings is 3. The maximum Gasteiger partial charge on any atom is 0.322 e. The summed E-state index contributed by atoms with van der Waals surface area (Å²) in [4.78, 5) is 27.8. The molecule has 7 nitrogen and oxygen atoms in total. The molecule has 0 saturated carbocycles. The number of carbonyl (C=O) groups excluding carboxylic acids is 2. The van der Waals surface area contributed by atoms with Crippen LogP contribution in [0.1, 0.15) is 19.4 Å². The Morgan fingerprint density at radius 2 is 1.63 bits per heavy atom. The third kappa shape index (κ3) is 6.94. The normalized spacial score (nSPS) is 10.9. The Kier molecular flexibility index (Phi) is 8.71. The Hall–Kier alpha value is -3.81. The van der Waals surface area contributed by atoms with Crippen LogP contribution in [-0.4, -0.2) is 39.7 Å². The first-order valence-corrected chi connectivity index (χ1v) is 13.0. The average Bonchev–Trinajstić information content (AvgIpc) is 3.30. The topological polar surface area (TPSA) is 79.3 Å². The summed E-state index contributed by atoms with van der Waals surface area (Å²) in [5.74, 6) is 0.249. The van der Waals surface area contributed by atoms with Crippen molar-refractivity contribution >= 4 is 46.6 Å². The molecule has 2 N–H and O–H groups in total. The van der Waals surface area contributed by atoms with Crippen LogP contribution in [0.5, 0.6) is 0 Å². The van der Waals surface area contributed by atoms with Crippen LogP contribution in [0.4, 0.5) is 16.3 Å². The summed E-state index contributed by atoms with van der Waals surface area (Å²) in [7, 11) is 0. The van der Waals surface area contributed by atoms with Gasteiger partial charge in [0.1, 0.15) is 12.4 Å². The lowest BCUT2D eigenvalue weighted by Gasteiger charge is -2.24. The number of hydrogen-bond donors (Lipinski definition) is 2. The van der Waals surface area contributed by atoms with Crippen molar-refractivity contribution in [3.05, 3.63) is 94.5 Å². The van der Waals surface area contributed by atoms with E-state index in [2.05, 4.69) is 10.6 Å². The number of carbonyl (C=O) groups is 2. The van der Waals surface area contributed by atoms with Gasteiger partial charge < -0.3 is 15.5 Å². The molecule has 3 aromatic carbocycles. The Labute approximate surface area is 232 Å². The zero-order valence-corrected chi connectivity index (χ0v) is 22.9. The minimum absolute atomic E-state index is 0.136. The molecular formula is C29H29Cl2N5O2. The molecular weight excluding hydrogens is 521 g/mol. The predicted octanol–water partition coefficient (Wildman–Crippen LogP) is 7.28. The number of anilines is 2. The van der Waals surface area contributed by atoms with Gasteiger partial charge in [-0.2, -0.15) is 5.10 Å². The molecule has 4 rings (SSSR count). The van der Waals surface area contributed by atoms with Crippen LogP contribution >= 0.6 is 23.2 Å². The minimum atomic E-state index is -0.356. The van der Waals surface area contributed by atoms with Gasteiger partial charge in [0.25, 0.3) is 0 Å². The fourth-order valence-electron chi connectivity index (χ4n) is 3.89. The van der Waals surface area contributed by atoms with E-state index >= 15 is 0 Å². The van der Waals surface area contributed by atoms with Crippen molar-refractivity contribution in [3.63, 3.8) is 0 Å². The number of urea groups is 1. The molecule has 0 atom stereocenters. The van der Waals surface area contributed by atoms with E-state index in [0.29, 0.717) is 39.5 Å². The summed E-state index contributed by atoms with van der Waals surface area (Å²) < 4.78 is 1.60. The number of amides is 3. The third-order valence-electron chi connectivity index (χ3n) is 5.70. The summed E-state index contributed by atoms with van der Waals surface area (Å²) >= 11 is 12.4. The van der Waals surface area contributed by atoms with Crippen LogP contribution in [0, 0.1) is 12.8 Å². The van der Waals surface area contributed by atoms with Gasteiger partial charge in [0.05, 0.1) is 21.4 Å². The van der Waals surface area contributed by atoms with Gasteiger partial charge >= 0.3 is 6.03 Å². The summed E-state index contributed by atoms with van der Waals surface area (Å²) in [5, 5.41) is 11.3. The van der Waals surface area contributed by atoms with Crippen molar-refractivity contribution in [2.75, 3.05) is 23.7 Å². The average molecular weight is 550 g/mol. The minimum Gasteiger partial charge on any atom is -0.315 e. The Morgan fingerprint density at radius 3 is 2.29 bits per heavy atom. The molecule has 4 aromatic rings. The van der Waals surface area contributed by atoms with Gasteiger partial charge in [-0.05, 0) is 43.2 Å². The van der Waals surface area contributed by atoms with E-state index in [-0.39, 0.29) is 24.4 Å². The number of nitrogens with one attached hydrogen (secondary N) is 2. The highest BCUT2D eigenvalue weighted by atomic mass is 35.5. The SMILES string of the molecule is Cc1ccc(NC(=O)N(CC(=O)Nc2cc(-c3ccccc3)nn2-c2ccc(Cl)c(Cl)c2)CC(C)C)cc1. The van der Waals surface area contributed by atoms with Gasteiger partial charge in [0, 0.05) is 23.9 Å². The van der Waals surface area contributed by atoms with E-state index in [1.165, 1.54) is 4.90 Å². The quantitative estimate of drug-likeness (QED) is 0.242. The van der Waals surface area contributed by atoms with Gasteiger partial charge in [0.2, 0.25) is 5.91 Å². The summed E-state index contributed by atoms with van der Waals surface area (Å²) in [5.41, 5.74) is 3.95. The molecule has 0 aliphatic carbocycles. The zero-order chi connectivity index (χ0) is 27.2. The molecule has 1 aromatic heterocycles. The number of nitrogens with zero attached hydrogens (tertiary/aromatic N) is 3. The predicted molar refractivity (Wildman–Crippen MR) is 154 cm³/mol. The smallest absolute Gasteiger partial charge is 0.315 e. The standard InChI is InChI=1S/C29H29Cl2N5O2/c1-19(2)17-35(29(38)32-22-11-9-20(3)10-12-22)18-28(37)33-27-16-26(21-7-5-4-6-8-21)34-36(27)23-13-14-24(30)25(31)15-23/h4-16,19H,17-18H2,1-3H3,(H,32,38)(H,33,37). The maximum absolute atomic E-state index is 13.2. The molecule has 0 bridgehead atoms. The van der Waals surface area contributed by atoms with Gasteiger partial charge in [-0.1, -0.05) is 85.1 Å². The van der Waals surface area contributed by atoms with Crippen molar-refractivity contribution in [2.45, 2.75) is 20.8 Å².